The number of thiophene rings is 1. The Morgan fingerprint density at radius 1 is 1.62 bits per heavy atom. The van der Waals surface area contributed by atoms with Crippen molar-refractivity contribution in [1.82, 2.24) is 15.3 Å². The van der Waals surface area contributed by atoms with Crippen LogP contribution in [-0.2, 0) is 4.79 Å². The Labute approximate surface area is 130 Å². The monoisotopic (exact) mass is 318 g/mol. The molecular formula is C14H14N4OS2. The summed E-state index contributed by atoms with van der Waals surface area (Å²) in [4.78, 5) is 21.4. The first-order valence-electron chi connectivity index (χ1n) is 6.65. The SMILES string of the molecule is C[C@@](C#N)(NC(=O)CSc1ncnc2sccc12)C1CC1. The smallest absolute Gasteiger partial charge is 0.231 e. The summed E-state index contributed by atoms with van der Waals surface area (Å²) < 4.78 is 0. The molecule has 108 valence electrons. The van der Waals surface area contributed by atoms with E-state index in [0.29, 0.717) is 5.92 Å². The van der Waals surface area contributed by atoms with Crippen molar-refractivity contribution in [2.45, 2.75) is 30.3 Å². The molecule has 2 aromatic heterocycles. The molecule has 3 rings (SSSR count). The highest BCUT2D eigenvalue weighted by molar-refractivity contribution is 8.00. The number of hydrogen-bond donors (Lipinski definition) is 1. The minimum Gasteiger partial charge on any atom is -0.337 e. The molecule has 0 unspecified atom stereocenters. The van der Waals surface area contributed by atoms with Crippen LogP contribution < -0.4 is 5.32 Å². The lowest BCUT2D eigenvalue weighted by molar-refractivity contribution is -0.119. The third kappa shape index (κ3) is 3.01. The Hall–Kier alpha value is -1.65. The van der Waals surface area contributed by atoms with Gasteiger partial charge in [0, 0.05) is 5.39 Å². The fourth-order valence-electron chi connectivity index (χ4n) is 2.22. The third-order valence-corrected chi connectivity index (χ3v) is 5.42. The fourth-order valence-corrected chi connectivity index (χ4v) is 3.80. The predicted octanol–water partition coefficient (Wildman–Crippen LogP) is 2.59. The normalized spacial score (nSPS) is 17.1. The van der Waals surface area contributed by atoms with Crippen LogP contribution in [0.2, 0.25) is 0 Å². The van der Waals surface area contributed by atoms with Gasteiger partial charge in [-0.25, -0.2) is 9.97 Å². The van der Waals surface area contributed by atoms with Gasteiger partial charge in [-0.15, -0.1) is 11.3 Å². The number of rotatable bonds is 5. The fraction of sp³-hybridized carbons (Fsp3) is 0.429. The van der Waals surface area contributed by atoms with E-state index in [1.165, 1.54) is 18.1 Å². The zero-order valence-electron chi connectivity index (χ0n) is 11.5. The lowest BCUT2D eigenvalue weighted by Crippen LogP contribution is -2.47. The highest BCUT2D eigenvalue weighted by Crippen LogP contribution is 2.39. The molecule has 0 radical (unpaired) electrons. The number of hydrogen-bond acceptors (Lipinski definition) is 6. The molecular weight excluding hydrogens is 304 g/mol. The Morgan fingerprint density at radius 2 is 2.43 bits per heavy atom. The molecule has 1 atom stereocenters. The molecule has 0 aliphatic heterocycles. The first-order valence-corrected chi connectivity index (χ1v) is 8.52. The van der Waals surface area contributed by atoms with Gasteiger partial charge in [0.05, 0.1) is 11.8 Å². The first kappa shape index (κ1) is 14.3. The van der Waals surface area contributed by atoms with Crippen molar-refractivity contribution < 1.29 is 4.79 Å². The number of nitrogens with one attached hydrogen (secondary N) is 1. The van der Waals surface area contributed by atoms with Gasteiger partial charge in [0.2, 0.25) is 5.91 Å². The Kier molecular flexibility index (Phi) is 3.83. The van der Waals surface area contributed by atoms with Gasteiger partial charge in [-0.05, 0) is 37.1 Å². The molecule has 0 spiro atoms. The molecule has 21 heavy (non-hydrogen) atoms. The van der Waals surface area contributed by atoms with Crippen LogP contribution in [0.4, 0.5) is 0 Å². The van der Waals surface area contributed by atoms with Gasteiger partial charge >= 0.3 is 0 Å². The summed E-state index contributed by atoms with van der Waals surface area (Å²) in [5, 5.41) is 15.9. The van der Waals surface area contributed by atoms with Crippen molar-refractivity contribution in [2.75, 3.05) is 5.75 Å². The van der Waals surface area contributed by atoms with Crippen LogP contribution in [0.25, 0.3) is 10.2 Å². The highest BCUT2D eigenvalue weighted by atomic mass is 32.2. The third-order valence-electron chi connectivity index (χ3n) is 3.59. The summed E-state index contributed by atoms with van der Waals surface area (Å²) in [6.07, 6.45) is 3.54. The number of aromatic nitrogens is 2. The summed E-state index contributed by atoms with van der Waals surface area (Å²) >= 11 is 2.93. The second-order valence-electron chi connectivity index (χ2n) is 5.24. The van der Waals surface area contributed by atoms with E-state index in [1.807, 2.05) is 11.4 Å². The molecule has 7 heteroatoms. The second-order valence-corrected chi connectivity index (χ2v) is 7.10. The van der Waals surface area contributed by atoms with Gasteiger partial charge in [0.15, 0.2) is 0 Å². The summed E-state index contributed by atoms with van der Waals surface area (Å²) in [7, 11) is 0. The van der Waals surface area contributed by atoms with E-state index >= 15 is 0 Å². The van der Waals surface area contributed by atoms with E-state index < -0.39 is 5.54 Å². The van der Waals surface area contributed by atoms with E-state index in [0.717, 1.165) is 28.1 Å². The molecule has 0 bridgehead atoms. The number of fused-ring (bicyclic) bond motifs is 1. The van der Waals surface area contributed by atoms with Crippen LogP contribution in [0.15, 0.2) is 22.8 Å². The molecule has 2 aromatic rings. The van der Waals surface area contributed by atoms with Crippen molar-refractivity contribution in [1.29, 1.82) is 5.26 Å². The van der Waals surface area contributed by atoms with Crippen LogP contribution in [0.5, 0.6) is 0 Å². The molecule has 1 aliphatic carbocycles. The number of carbonyl (C=O) groups is 1. The van der Waals surface area contributed by atoms with Crippen LogP contribution in [0.1, 0.15) is 19.8 Å². The summed E-state index contributed by atoms with van der Waals surface area (Å²) in [5.74, 6) is 0.420. The van der Waals surface area contributed by atoms with Gasteiger partial charge in [-0.1, -0.05) is 11.8 Å². The Balaban J connectivity index is 1.64. The maximum absolute atomic E-state index is 12.1. The molecule has 2 heterocycles. The van der Waals surface area contributed by atoms with Crippen molar-refractivity contribution in [2.24, 2.45) is 5.92 Å². The average Bonchev–Trinajstić information content (AvgIpc) is 3.23. The van der Waals surface area contributed by atoms with E-state index in [1.54, 1.807) is 18.3 Å². The lowest BCUT2D eigenvalue weighted by Gasteiger charge is -2.22. The largest absolute Gasteiger partial charge is 0.337 e. The zero-order valence-corrected chi connectivity index (χ0v) is 13.1. The van der Waals surface area contributed by atoms with E-state index in [4.69, 9.17) is 0 Å². The topological polar surface area (TPSA) is 78.7 Å². The molecule has 1 fully saturated rings. The Morgan fingerprint density at radius 3 is 3.14 bits per heavy atom. The van der Waals surface area contributed by atoms with Gasteiger partial charge in [-0.3, -0.25) is 4.79 Å². The van der Waals surface area contributed by atoms with Crippen LogP contribution in [0, 0.1) is 17.2 Å². The second kappa shape index (κ2) is 5.62. The van der Waals surface area contributed by atoms with E-state index in [-0.39, 0.29) is 11.7 Å². The van der Waals surface area contributed by atoms with Crippen molar-refractivity contribution >= 4 is 39.2 Å². The van der Waals surface area contributed by atoms with Gasteiger partial charge in [0.1, 0.15) is 21.7 Å². The van der Waals surface area contributed by atoms with Crippen LogP contribution in [0.3, 0.4) is 0 Å². The molecule has 1 saturated carbocycles. The molecule has 5 nitrogen and oxygen atoms in total. The first-order chi connectivity index (χ1) is 10.1. The highest BCUT2D eigenvalue weighted by Gasteiger charge is 2.42. The number of nitrogens with zero attached hydrogens (tertiary/aromatic N) is 3. The maximum atomic E-state index is 12.1. The van der Waals surface area contributed by atoms with Crippen LogP contribution in [-0.4, -0.2) is 27.2 Å². The quantitative estimate of drug-likeness (QED) is 0.677. The molecule has 1 N–H and O–H groups in total. The minimum atomic E-state index is -0.735. The number of thioether (sulfide) groups is 1. The van der Waals surface area contributed by atoms with Crippen molar-refractivity contribution in [3.8, 4) is 6.07 Å². The predicted molar refractivity (Wildman–Crippen MR) is 83.0 cm³/mol. The van der Waals surface area contributed by atoms with Crippen molar-refractivity contribution in [3.05, 3.63) is 17.8 Å². The maximum Gasteiger partial charge on any atom is 0.231 e. The van der Waals surface area contributed by atoms with Gasteiger partial charge in [0.25, 0.3) is 0 Å². The number of nitriles is 1. The van der Waals surface area contributed by atoms with E-state index in [2.05, 4.69) is 21.4 Å². The molecule has 0 saturated heterocycles. The summed E-state index contributed by atoms with van der Waals surface area (Å²) in [6.45, 7) is 1.80. The molecule has 1 aliphatic rings. The lowest BCUT2D eigenvalue weighted by atomic mass is 9.98. The Bertz CT molecular complexity index is 719. The number of amides is 1. The van der Waals surface area contributed by atoms with Crippen LogP contribution >= 0.6 is 23.1 Å². The molecule has 1 amide bonds. The zero-order chi connectivity index (χ0) is 14.9. The van der Waals surface area contributed by atoms with Gasteiger partial charge in [-0.2, -0.15) is 5.26 Å². The minimum absolute atomic E-state index is 0.127. The standard InChI is InChI=1S/C14H14N4OS2/c1-14(7-15,9-2-3-9)18-11(19)6-21-13-10-4-5-20-12(10)16-8-17-13/h4-5,8-9H,2-3,6H2,1H3,(H,18,19)/t14-/m0/s1. The number of carbonyl (C=O) groups excluding carboxylic acids is 1. The van der Waals surface area contributed by atoms with Crippen molar-refractivity contribution in [3.63, 3.8) is 0 Å². The average molecular weight is 318 g/mol. The summed E-state index contributed by atoms with van der Waals surface area (Å²) in [6, 6.07) is 4.19. The van der Waals surface area contributed by atoms with Gasteiger partial charge < -0.3 is 5.32 Å². The van der Waals surface area contributed by atoms with E-state index in [9.17, 15) is 10.1 Å². The summed E-state index contributed by atoms with van der Waals surface area (Å²) in [5.41, 5.74) is -0.735. The molecule has 0 aromatic carbocycles.